The largest absolute Gasteiger partial charge is 0.377 e. The van der Waals surface area contributed by atoms with Gasteiger partial charge in [-0.25, -0.2) is 0 Å². The molecule has 1 saturated heterocycles. The van der Waals surface area contributed by atoms with Crippen molar-refractivity contribution in [2.24, 2.45) is 0 Å². The third kappa shape index (κ3) is 5.27. The van der Waals surface area contributed by atoms with Crippen LogP contribution in [0.15, 0.2) is 0 Å². The molecule has 1 fully saturated rings. The van der Waals surface area contributed by atoms with Crippen LogP contribution >= 0.6 is 0 Å². The molecule has 0 aromatic carbocycles. The molecule has 0 radical (unpaired) electrons. The highest BCUT2D eigenvalue weighted by Gasteiger charge is 2.13. The van der Waals surface area contributed by atoms with Gasteiger partial charge in [0.05, 0.1) is 6.10 Å². The smallest absolute Gasteiger partial charge is 0.0711 e. The highest BCUT2D eigenvalue weighted by molar-refractivity contribution is 4.70. The zero-order valence-electron chi connectivity index (χ0n) is 8.85. The second-order valence-corrected chi connectivity index (χ2v) is 3.90. The lowest BCUT2D eigenvalue weighted by Gasteiger charge is -2.09. The molecule has 13 heavy (non-hydrogen) atoms. The van der Waals surface area contributed by atoms with Gasteiger partial charge < -0.3 is 10.1 Å². The maximum atomic E-state index is 5.72. The minimum Gasteiger partial charge on any atom is -0.377 e. The van der Waals surface area contributed by atoms with Gasteiger partial charge in [0.1, 0.15) is 0 Å². The van der Waals surface area contributed by atoms with Crippen molar-refractivity contribution in [1.82, 2.24) is 5.32 Å². The monoisotopic (exact) mass is 185 g/mol. The van der Waals surface area contributed by atoms with Crippen LogP contribution in [0.2, 0.25) is 0 Å². The molecular weight excluding hydrogens is 162 g/mol. The Kier molecular flexibility index (Phi) is 6.21. The lowest BCUT2D eigenvalue weighted by Crippen LogP contribution is -2.17. The van der Waals surface area contributed by atoms with Crippen molar-refractivity contribution in [2.75, 3.05) is 19.7 Å². The molecule has 0 aromatic heterocycles. The fourth-order valence-electron chi connectivity index (χ4n) is 1.73. The van der Waals surface area contributed by atoms with E-state index in [1.807, 2.05) is 0 Å². The van der Waals surface area contributed by atoms with Crippen molar-refractivity contribution in [3.63, 3.8) is 0 Å². The zero-order chi connectivity index (χ0) is 9.36. The summed E-state index contributed by atoms with van der Waals surface area (Å²) in [4.78, 5) is 0. The van der Waals surface area contributed by atoms with Crippen molar-refractivity contribution >= 4 is 0 Å². The molecule has 0 aromatic rings. The van der Waals surface area contributed by atoms with Crippen LogP contribution in [0, 0.1) is 0 Å². The van der Waals surface area contributed by atoms with Crippen LogP contribution in [0.3, 0.4) is 0 Å². The van der Waals surface area contributed by atoms with E-state index in [1.54, 1.807) is 0 Å². The first kappa shape index (κ1) is 11.0. The first-order valence-corrected chi connectivity index (χ1v) is 5.76. The van der Waals surface area contributed by atoms with Crippen molar-refractivity contribution in [3.05, 3.63) is 0 Å². The summed E-state index contributed by atoms with van der Waals surface area (Å²) in [5, 5.41) is 3.31. The summed E-state index contributed by atoms with van der Waals surface area (Å²) in [6, 6.07) is 0. The Morgan fingerprint density at radius 1 is 1.23 bits per heavy atom. The summed E-state index contributed by atoms with van der Waals surface area (Å²) in [5.74, 6) is 0. The third-order valence-electron chi connectivity index (χ3n) is 2.62. The molecule has 0 amide bonds. The summed E-state index contributed by atoms with van der Waals surface area (Å²) in [5.41, 5.74) is 0. The molecular formula is C11H23NO. The lowest BCUT2D eigenvalue weighted by atomic mass is 10.2. The normalized spacial score (nSPS) is 22.4. The van der Waals surface area contributed by atoms with Crippen LogP contribution in [-0.4, -0.2) is 25.8 Å². The Morgan fingerprint density at radius 3 is 2.77 bits per heavy atom. The van der Waals surface area contributed by atoms with Crippen LogP contribution in [-0.2, 0) is 4.74 Å². The fraction of sp³-hybridized carbons (Fsp3) is 1.00. The first-order chi connectivity index (χ1) is 6.43. The van der Waals surface area contributed by atoms with Crippen molar-refractivity contribution in [3.8, 4) is 0 Å². The van der Waals surface area contributed by atoms with Crippen LogP contribution in [0.5, 0.6) is 0 Å². The Morgan fingerprint density at radius 2 is 2.08 bits per heavy atom. The molecule has 0 aliphatic carbocycles. The predicted octanol–water partition coefficient (Wildman–Crippen LogP) is 2.34. The van der Waals surface area contributed by atoms with Gasteiger partial charge in [0, 0.05) is 13.2 Å². The number of ether oxygens (including phenoxy) is 1. The van der Waals surface area contributed by atoms with E-state index in [9.17, 15) is 0 Å². The molecule has 78 valence electrons. The first-order valence-electron chi connectivity index (χ1n) is 5.76. The van der Waals surface area contributed by atoms with E-state index in [-0.39, 0.29) is 0 Å². The SMILES string of the molecule is CCCCCCCO[C@@H]1CCNC1. The number of rotatable bonds is 7. The lowest BCUT2D eigenvalue weighted by molar-refractivity contribution is 0.0641. The van der Waals surface area contributed by atoms with Gasteiger partial charge in [-0.3, -0.25) is 0 Å². The van der Waals surface area contributed by atoms with Crippen LogP contribution < -0.4 is 5.32 Å². The van der Waals surface area contributed by atoms with Crippen molar-refractivity contribution in [2.45, 2.75) is 51.6 Å². The quantitative estimate of drug-likeness (QED) is 0.615. The highest BCUT2D eigenvalue weighted by Crippen LogP contribution is 2.06. The molecule has 1 N–H and O–H groups in total. The Balaban J connectivity index is 1.78. The van der Waals surface area contributed by atoms with Crippen LogP contribution in [0.4, 0.5) is 0 Å². The van der Waals surface area contributed by atoms with Gasteiger partial charge in [0.25, 0.3) is 0 Å². The average molecular weight is 185 g/mol. The maximum Gasteiger partial charge on any atom is 0.0711 e. The van der Waals surface area contributed by atoms with E-state index in [2.05, 4.69) is 12.2 Å². The van der Waals surface area contributed by atoms with Gasteiger partial charge in [-0.15, -0.1) is 0 Å². The Labute approximate surface area is 82.0 Å². The van der Waals surface area contributed by atoms with E-state index in [1.165, 1.54) is 38.5 Å². The zero-order valence-corrected chi connectivity index (χ0v) is 8.85. The molecule has 0 unspecified atom stereocenters. The summed E-state index contributed by atoms with van der Waals surface area (Å²) in [6.07, 6.45) is 8.38. The molecule has 1 aliphatic rings. The number of hydrogen-bond acceptors (Lipinski definition) is 2. The minimum absolute atomic E-state index is 0.506. The van der Waals surface area contributed by atoms with Gasteiger partial charge in [-0.1, -0.05) is 32.6 Å². The van der Waals surface area contributed by atoms with E-state index in [0.29, 0.717) is 6.10 Å². The predicted molar refractivity (Wildman–Crippen MR) is 56.0 cm³/mol. The van der Waals surface area contributed by atoms with E-state index in [0.717, 1.165) is 19.7 Å². The average Bonchev–Trinajstić information content (AvgIpc) is 2.63. The summed E-state index contributed by atoms with van der Waals surface area (Å²) in [7, 11) is 0. The van der Waals surface area contributed by atoms with Gasteiger partial charge >= 0.3 is 0 Å². The number of nitrogens with one attached hydrogen (secondary N) is 1. The molecule has 1 rings (SSSR count). The molecule has 0 saturated carbocycles. The number of hydrogen-bond donors (Lipinski definition) is 1. The van der Waals surface area contributed by atoms with E-state index < -0.39 is 0 Å². The number of unbranched alkanes of at least 4 members (excludes halogenated alkanes) is 4. The van der Waals surface area contributed by atoms with Gasteiger partial charge in [-0.05, 0) is 19.4 Å². The molecule has 1 atom stereocenters. The Bertz CT molecular complexity index is 111. The Hall–Kier alpha value is -0.0800. The van der Waals surface area contributed by atoms with Gasteiger partial charge in [0.2, 0.25) is 0 Å². The van der Waals surface area contributed by atoms with Gasteiger partial charge in [0.15, 0.2) is 0 Å². The molecule has 2 nitrogen and oxygen atoms in total. The second-order valence-electron chi connectivity index (χ2n) is 3.90. The molecule has 1 heterocycles. The summed E-state index contributed by atoms with van der Waals surface area (Å²) < 4.78 is 5.72. The van der Waals surface area contributed by atoms with Crippen molar-refractivity contribution in [1.29, 1.82) is 0 Å². The highest BCUT2D eigenvalue weighted by atomic mass is 16.5. The van der Waals surface area contributed by atoms with Crippen molar-refractivity contribution < 1.29 is 4.74 Å². The standard InChI is InChI=1S/C11H23NO/c1-2-3-4-5-6-9-13-11-7-8-12-10-11/h11-12H,2-10H2,1H3/t11-/m1/s1. The van der Waals surface area contributed by atoms with Gasteiger partial charge in [-0.2, -0.15) is 0 Å². The molecule has 2 heteroatoms. The topological polar surface area (TPSA) is 21.3 Å². The van der Waals surface area contributed by atoms with Crippen LogP contribution in [0.25, 0.3) is 0 Å². The second kappa shape index (κ2) is 7.34. The third-order valence-corrected chi connectivity index (χ3v) is 2.62. The molecule has 0 bridgehead atoms. The fourth-order valence-corrected chi connectivity index (χ4v) is 1.73. The van der Waals surface area contributed by atoms with Crippen LogP contribution in [0.1, 0.15) is 45.4 Å². The van der Waals surface area contributed by atoms with E-state index in [4.69, 9.17) is 4.74 Å². The molecule has 0 spiro atoms. The summed E-state index contributed by atoms with van der Waals surface area (Å²) >= 11 is 0. The summed E-state index contributed by atoms with van der Waals surface area (Å²) in [6.45, 7) is 5.42. The maximum absolute atomic E-state index is 5.72. The minimum atomic E-state index is 0.506. The van der Waals surface area contributed by atoms with E-state index >= 15 is 0 Å². The molecule has 1 aliphatic heterocycles.